The third kappa shape index (κ3) is 7.63. The first-order chi connectivity index (χ1) is 12.0. The van der Waals surface area contributed by atoms with Crippen LogP contribution in [-0.4, -0.2) is 19.1 Å². The molecule has 0 heterocycles. The standard InChI is InChI=1S/C21H30ClN3/c1-5-16(2)19-9-10-20(21(22)15-19)18(4)25-17(3)11-14-24-13-8-6-7-12-23/h5-10,12,15,17,24-25H,4,11,13-14,23H2,1-3H3/b8-6-,12-7-,16-5+. The summed E-state index contributed by atoms with van der Waals surface area (Å²) in [6, 6.07) is 6.41. The van der Waals surface area contributed by atoms with Crippen molar-refractivity contribution in [2.75, 3.05) is 13.1 Å². The van der Waals surface area contributed by atoms with Gasteiger partial charge in [-0.15, -0.1) is 0 Å². The lowest BCUT2D eigenvalue weighted by Gasteiger charge is -2.18. The first-order valence-electron chi connectivity index (χ1n) is 8.62. The number of nitrogens with one attached hydrogen (secondary N) is 2. The van der Waals surface area contributed by atoms with E-state index in [0.717, 1.165) is 41.4 Å². The zero-order chi connectivity index (χ0) is 18.7. The predicted molar refractivity (Wildman–Crippen MR) is 112 cm³/mol. The summed E-state index contributed by atoms with van der Waals surface area (Å²) in [5.74, 6) is 0. The molecule has 4 heteroatoms. The van der Waals surface area contributed by atoms with Gasteiger partial charge in [0, 0.05) is 23.8 Å². The van der Waals surface area contributed by atoms with Crippen LogP contribution in [0.3, 0.4) is 0 Å². The zero-order valence-electron chi connectivity index (χ0n) is 15.5. The smallest absolute Gasteiger partial charge is 0.0504 e. The van der Waals surface area contributed by atoms with Gasteiger partial charge in [-0.25, -0.2) is 0 Å². The van der Waals surface area contributed by atoms with Crippen LogP contribution >= 0.6 is 11.6 Å². The van der Waals surface area contributed by atoms with E-state index in [1.165, 1.54) is 11.8 Å². The number of halogens is 1. The van der Waals surface area contributed by atoms with Crippen molar-refractivity contribution in [1.29, 1.82) is 0 Å². The maximum absolute atomic E-state index is 6.43. The van der Waals surface area contributed by atoms with E-state index in [0.29, 0.717) is 6.04 Å². The highest BCUT2D eigenvalue weighted by atomic mass is 35.5. The van der Waals surface area contributed by atoms with Gasteiger partial charge in [-0.1, -0.05) is 48.5 Å². The van der Waals surface area contributed by atoms with E-state index in [-0.39, 0.29) is 0 Å². The molecule has 0 fully saturated rings. The molecule has 0 radical (unpaired) electrons. The molecule has 0 amide bonds. The van der Waals surface area contributed by atoms with Gasteiger partial charge in [0.1, 0.15) is 0 Å². The van der Waals surface area contributed by atoms with Gasteiger partial charge in [-0.2, -0.15) is 0 Å². The van der Waals surface area contributed by atoms with Gasteiger partial charge in [0.15, 0.2) is 0 Å². The third-order valence-corrected chi connectivity index (χ3v) is 4.29. The van der Waals surface area contributed by atoms with Crippen molar-refractivity contribution in [3.05, 3.63) is 71.4 Å². The summed E-state index contributed by atoms with van der Waals surface area (Å²) in [4.78, 5) is 0. The Balaban J connectivity index is 2.47. The molecule has 0 aliphatic heterocycles. The maximum Gasteiger partial charge on any atom is 0.0504 e. The van der Waals surface area contributed by atoms with E-state index in [9.17, 15) is 0 Å². The summed E-state index contributed by atoms with van der Waals surface area (Å²) in [5, 5.41) is 7.52. The molecule has 0 aromatic heterocycles. The molecule has 0 saturated carbocycles. The van der Waals surface area contributed by atoms with Crippen LogP contribution in [0.5, 0.6) is 0 Å². The van der Waals surface area contributed by atoms with Crippen molar-refractivity contribution in [3.8, 4) is 0 Å². The Morgan fingerprint density at radius 1 is 1.36 bits per heavy atom. The second-order valence-corrected chi connectivity index (χ2v) is 6.40. The molecule has 25 heavy (non-hydrogen) atoms. The molecule has 1 rings (SSSR count). The minimum absolute atomic E-state index is 0.306. The monoisotopic (exact) mass is 359 g/mol. The Morgan fingerprint density at radius 3 is 2.76 bits per heavy atom. The number of benzene rings is 1. The average Bonchev–Trinajstić information content (AvgIpc) is 2.59. The molecular weight excluding hydrogens is 330 g/mol. The van der Waals surface area contributed by atoms with Crippen LogP contribution in [-0.2, 0) is 0 Å². The summed E-state index contributed by atoms with van der Waals surface area (Å²) in [6.07, 6.45) is 10.4. The number of nitrogens with two attached hydrogens (primary N) is 1. The second-order valence-electron chi connectivity index (χ2n) is 6.00. The van der Waals surface area contributed by atoms with Crippen molar-refractivity contribution in [2.24, 2.45) is 5.73 Å². The van der Waals surface area contributed by atoms with Gasteiger partial charge in [0.05, 0.1) is 5.02 Å². The summed E-state index contributed by atoms with van der Waals surface area (Å²) >= 11 is 6.43. The molecule has 0 bridgehead atoms. The lowest BCUT2D eigenvalue weighted by molar-refractivity contribution is 0.565. The van der Waals surface area contributed by atoms with Gasteiger partial charge in [0.25, 0.3) is 0 Å². The van der Waals surface area contributed by atoms with Gasteiger partial charge in [-0.05, 0) is 63.2 Å². The highest BCUT2D eigenvalue weighted by Crippen LogP contribution is 2.26. The number of rotatable bonds is 10. The van der Waals surface area contributed by atoms with Crippen molar-refractivity contribution in [2.45, 2.75) is 33.2 Å². The molecule has 1 aromatic rings. The largest absolute Gasteiger partial charge is 0.405 e. The Kier molecular flexibility index (Phi) is 9.75. The Labute approximate surface area is 157 Å². The first kappa shape index (κ1) is 21.1. The van der Waals surface area contributed by atoms with E-state index >= 15 is 0 Å². The SMILES string of the molecule is C=C(NC(C)CCNC/C=C\C=C/N)c1ccc(/C(C)=C/C)cc1Cl. The molecule has 0 saturated heterocycles. The molecule has 0 spiro atoms. The van der Waals surface area contributed by atoms with E-state index in [1.54, 1.807) is 0 Å². The fourth-order valence-corrected chi connectivity index (χ4v) is 2.63. The minimum Gasteiger partial charge on any atom is -0.405 e. The molecule has 1 atom stereocenters. The van der Waals surface area contributed by atoms with E-state index in [2.05, 4.69) is 43.2 Å². The molecule has 4 N–H and O–H groups in total. The second kappa shape index (κ2) is 11.6. The van der Waals surface area contributed by atoms with Crippen LogP contribution < -0.4 is 16.4 Å². The third-order valence-electron chi connectivity index (χ3n) is 3.98. The normalized spacial score (nSPS) is 13.5. The first-order valence-corrected chi connectivity index (χ1v) is 9.00. The van der Waals surface area contributed by atoms with Gasteiger partial charge in [-0.3, -0.25) is 0 Å². The lowest BCUT2D eigenvalue weighted by Crippen LogP contribution is -2.28. The fraction of sp³-hybridized carbons (Fsp3) is 0.333. The van der Waals surface area contributed by atoms with Crippen LogP contribution in [0, 0.1) is 0 Å². The number of hydrogen-bond donors (Lipinski definition) is 3. The predicted octanol–water partition coefficient (Wildman–Crippen LogP) is 4.72. The molecule has 1 aromatic carbocycles. The summed E-state index contributed by atoms with van der Waals surface area (Å²) in [7, 11) is 0. The fourth-order valence-electron chi connectivity index (χ4n) is 2.33. The highest BCUT2D eigenvalue weighted by molar-refractivity contribution is 6.32. The molecule has 0 aliphatic carbocycles. The summed E-state index contributed by atoms with van der Waals surface area (Å²) in [5.41, 5.74) is 9.42. The van der Waals surface area contributed by atoms with Crippen LogP contribution in [0.15, 0.2) is 55.3 Å². The average molecular weight is 360 g/mol. The Morgan fingerprint density at radius 2 is 2.12 bits per heavy atom. The topological polar surface area (TPSA) is 50.1 Å². The van der Waals surface area contributed by atoms with Crippen LogP contribution in [0.25, 0.3) is 11.3 Å². The number of hydrogen-bond acceptors (Lipinski definition) is 3. The Hall–Kier alpha value is -1.97. The number of allylic oxidation sites excluding steroid dienone is 4. The lowest BCUT2D eigenvalue weighted by atomic mass is 10.0. The van der Waals surface area contributed by atoms with E-state index < -0.39 is 0 Å². The van der Waals surface area contributed by atoms with Crippen molar-refractivity contribution >= 4 is 22.9 Å². The van der Waals surface area contributed by atoms with Crippen molar-refractivity contribution in [1.82, 2.24) is 10.6 Å². The molecule has 136 valence electrons. The zero-order valence-corrected chi connectivity index (χ0v) is 16.2. The summed E-state index contributed by atoms with van der Waals surface area (Å²) < 4.78 is 0. The minimum atomic E-state index is 0.306. The van der Waals surface area contributed by atoms with Crippen LogP contribution in [0.2, 0.25) is 5.02 Å². The van der Waals surface area contributed by atoms with Crippen molar-refractivity contribution < 1.29 is 0 Å². The molecule has 3 nitrogen and oxygen atoms in total. The van der Waals surface area contributed by atoms with E-state index in [4.69, 9.17) is 17.3 Å². The van der Waals surface area contributed by atoms with Gasteiger partial charge >= 0.3 is 0 Å². The van der Waals surface area contributed by atoms with E-state index in [1.807, 2.05) is 37.3 Å². The summed E-state index contributed by atoms with van der Waals surface area (Å²) in [6.45, 7) is 12.1. The molecular formula is C21H30ClN3. The maximum atomic E-state index is 6.43. The van der Waals surface area contributed by atoms with Gasteiger partial charge in [0.2, 0.25) is 0 Å². The quantitative estimate of drug-likeness (QED) is 0.418. The van der Waals surface area contributed by atoms with Crippen LogP contribution in [0.4, 0.5) is 0 Å². The molecule has 0 aliphatic rings. The van der Waals surface area contributed by atoms with Gasteiger partial charge < -0.3 is 16.4 Å². The molecule has 1 unspecified atom stereocenters. The Bertz CT molecular complexity index is 645. The van der Waals surface area contributed by atoms with Crippen LogP contribution in [0.1, 0.15) is 38.3 Å². The van der Waals surface area contributed by atoms with Crippen molar-refractivity contribution in [3.63, 3.8) is 0 Å². The highest BCUT2D eigenvalue weighted by Gasteiger charge is 2.09.